The van der Waals surface area contributed by atoms with Crippen molar-refractivity contribution in [3.63, 3.8) is 0 Å². The summed E-state index contributed by atoms with van der Waals surface area (Å²) in [5.41, 5.74) is 3.00. The number of phenolic OH excluding ortho intramolecular Hbond substituents is 1. The summed E-state index contributed by atoms with van der Waals surface area (Å²) in [7, 11) is 0. The van der Waals surface area contributed by atoms with Crippen molar-refractivity contribution >= 4 is 10.9 Å². The average molecular weight is 327 g/mol. The van der Waals surface area contributed by atoms with Gasteiger partial charge < -0.3 is 9.84 Å². The van der Waals surface area contributed by atoms with Crippen molar-refractivity contribution < 1.29 is 9.84 Å². The van der Waals surface area contributed by atoms with Gasteiger partial charge in [0, 0.05) is 43.3 Å². The number of hydrogen-bond donors (Lipinski definition) is 1. The van der Waals surface area contributed by atoms with Crippen molar-refractivity contribution in [1.29, 1.82) is 0 Å². The molecule has 0 atom stereocenters. The molecular formula is C19H25N3O2. The predicted molar refractivity (Wildman–Crippen MR) is 94.0 cm³/mol. The Bertz CT molecular complexity index is 707. The van der Waals surface area contributed by atoms with Crippen LogP contribution in [0.3, 0.4) is 0 Å². The van der Waals surface area contributed by atoms with Crippen LogP contribution in [0.4, 0.5) is 0 Å². The van der Waals surface area contributed by atoms with Crippen LogP contribution in [0.5, 0.6) is 5.75 Å². The lowest BCUT2D eigenvalue weighted by molar-refractivity contribution is 0.0343. The molecule has 1 N–H and O–H groups in total. The molecule has 2 saturated heterocycles. The van der Waals surface area contributed by atoms with E-state index in [1.165, 1.54) is 18.4 Å². The van der Waals surface area contributed by atoms with Gasteiger partial charge in [-0.1, -0.05) is 6.07 Å². The van der Waals surface area contributed by atoms with E-state index in [4.69, 9.17) is 4.74 Å². The lowest BCUT2D eigenvalue weighted by atomic mass is 10.0. The van der Waals surface area contributed by atoms with Crippen molar-refractivity contribution in [2.45, 2.75) is 25.9 Å². The number of ether oxygens (including phenoxy) is 1. The van der Waals surface area contributed by atoms with Crippen LogP contribution < -0.4 is 0 Å². The van der Waals surface area contributed by atoms with Gasteiger partial charge in [0.25, 0.3) is 0 Å². The first-order chi connectivity index (χ1) is 11.8. The Kier molecular flexibility index (Phi) is 4.65. The predicted octanol–water partition coefficient (Wildman–Crippen LogP) is 2.37. The number of nitrogens with zero attached hydrogens (tertiary/aromatic N) is 3. The Morgan fingerprint density at radius 1 is 1.00 bits per heavy atom. The number of aromatic hydroxyl groups is 1. The van der Waals surface area contributed by atoms with Gasteiger partial charge in [-0.25, -0.2) is 0 Å². The lowest BCUT2D eigenvalue weighted by Crippen LogP contribution is -2.35. The Morgan fingerprint density at radius 3 is 2.50 bits per heavy atom. The third-order valence-corrected chi connectivity index (χ3v) is 5.12. The summed E-state index contributed by atoms with van der Waals surface area (Å²) in [6.07, 6.45) is 4.28. The van der Waals surface area contributed by atoms with Crippen LogP contribution in [-0.2, 0) is 17.8 Å². The normalized spacial score (nSPS) is 20.0. The van der Waals surface area contributed by atoms with E-state index in [1.807, 2.05) is 6.07 Å². The molecule has 2 aliphatic rings. The third kappa shape index (κ3) is 3.24. The summed E-state index contributed by atoms with van der Waals surface area (Å²) in [5, 5.41) is 11.8. The molecule has 1 aromatic heterocycles. The fourth-order valence-corrected chi connectivity index (χ4v) is 3.79. The van der Waals surface area contributed by atoms with Gasteiger partial charge in [0.2, 0.25) is 0 Å². The Morgan fingerprint density at radius 2 is 1.71 bits per heavy atom. The van der Waals surface area contributed by atoms with Gasteiger partial charge in [-0.05, 0) is 43.6 Å². The van der Waals surface area contributed by atoms with Crippen molar-refractivity contribution in [1.82, 2.24) is 14.8 Å². The van der Waals surface area contributed by atoms with E-state index in [9.17, 15) is 5.11 Å². The number of phenols is 1. The highest BCUT2D eigenvalue weighted by molar-refractivity contribution is 5.88. The maximum Gasteiger partial charge on any atom is 0.146 e. The highest BCUT2D eigenvalue weighted by atomic mass is 16.5. The van der Waals surface area contributed by atoms with E-state index in [1.54, 1.807) is 6.20 Å². The molecule has 4 rings (SSSR count). The van der Waals surface area contributed by atoms with Crippen LogP contribution in [0, 0.1) is 0 Å². The van der Waals surface area contributed by atoms with E-state index < -0.39 is 0 Å². The number of morpholine rings is 1. The quantitative estimate of drug-likeness (QED) is 0.934. The largest absolute Gasteiger partial charge is 0.505 e. The molecule has 128 valence electrons. The fraction of sp³-hybridized carbons (Fsp3) is 0.526. The zero-order valence-electron chi connectivity index (χ0n) is 14.1. The summed E-state index contributed by atoms with van der Waals surface area (Å²) in [5.74, 6) is 0.350. The van der Waals surface area contributed by atoms with Gasteiger partial charge in [0.1, 0.15) is 11.3 Å². The summed E-state index contributed by atoms with van der Waals surface area (Å²) in [4.78, 5) is 9.30. The Balaban J connectivity index is 1.68. The maximum absolute atomic E-state index is 10.7. The molecule has 5 heteroatoms. The third-order valence-electron chi connectivity index (χ3n) is 5.12. The number of rotatable bonds is 4. The monoisotopic (exact) mass is 327 g/mol. The molecule has 0 saturated carbocycles. The SMILES string of the molecule is Oc1c(CN2CCCC2)cc(CN2CCOCC2)c2cccnc12. The van der Waals surface area contributed by atoms with Crippen LogP contribution in [0.2, 0.25) is 0 Å². The minimum atomic E-state index is 0.350. The smallest absolute Gasteiger partial charge is 0.146 e. The second-order valence-corrected chi connectivity index (χ2v) is 6.81. The van der Waals surface area contributed by atoms with Gasteiger partial charge in [-0.15, -0.1) is 0 Å². The first-order valence-corrected chi connectivity index (χ1v) is 8.92. The van der Waals surface area contributed by atoms with E-state index in [2.05, 4.69) is 26.9 Å². The summed E-state index contributed by atoms with van der Waals surface area (Å²) >= 11 is 0. The topological polar surface area (TPSA) is 48.8 Å². The van der Waals surface area contributed by atoms with Gasteiger partial charge in [-0.3, -0.25) is 14.8 Å². The van der Waals surface area contributed by atoms with E-state index in [-0.39, 0.29) is 0 Å². The average Bonchev–Trinajstić information content (AvgIpc) is 3.13. The summed E-state index contributed by atoms with van der Waals surface area (Å²) in [6.45, 7) is 7.47. The van der Waals surface area contributed by atoms with Crippen molar-refractivity contribution in [2.75, 3.05) is 39.4 Å². The summed E-state index contributed by atoms with van der Waals surface area (Å²) in [6, 6.07) is 6.20. The van der Waals surface area contributed by atoms with Gasteiger partial charge in [-0.2, -0.15) is 0 Å². The minimum Gasteiger partial charge on any atom is -0.505 e. The molecule has 0 aliphatic carbocycles. The maximum atomic E-state index is 10.7. The van der Waals surface area contributed by atoms with Crippen LogP contribution >= 0.6 is 0 Å². The van der Waals surface area contributed by atoms with E-state index >= 15 is 0 Å². The molecule has 0 unspecified atom stereocenters. The number of hydrogen-bond acceptors (Lipinski definition) is 5. The van der Waals surface area contributed by atoms with Gasteiger partial charge in [0.05, 0.1) is 13.2 Å². The number of pyridine rings is 1. The highest BCUT2D eigenvalue weighted by Crippen LogP contribution is 2.32. The molecule has 0 spiro atoms. The zero-order chi connectivity index (χ0) is 16.4. The van der Waals surface area contributed by atoms with Crippen LogP contribution in [0.15, 0.2) is 24.4 Å². The zero-order valence-corrected chi connectivity index (χ0v) is 14.1. The molecule has 5 nitrogen and oxygen atoms in total. The Labute approximate surface area is 142 Å². The number of likely N-dealkylation sites (tertiary alicyclic amines) is 1. The number of aromatic nitrogens is 1. The Hall–Kier alpha value is -1.69. The molecule has 24 heavy (non-hydrogen) atoms. The van der Waals surface area contributed by atoms with Gasteiger partial charge in [0.15, 0.2) is 0 Å². The fourth-order valence-electron chi connectivity index (χ4n) is 3.79. The second kappa shape index (κ2) is 7.05. The second-order valence-electron chi connectivity index (χ2n) is 6.81. The van der Waals surface area contributed by atoms with E-state index in [0.29, 0.717) is 5.75 Å². The first-order valence-electron chi connectivity index (χ1n) is 8.92. The summed E-state index contributed by atoms with van der Waals surface area (Å²) < 4.78 is 5.46. The van der Waals surface area contributed by atoms with E-state index in [0.717, 1.165) is 68.9 Å². The number of benzene rings is 1. The standard InChI is InChI=1S/C19H25N3O2/c23-19-16(14-21-6-1-2-7-21)12-15(13-22-8-10-24-11-9-22)17-4-3-5-20-18(17)19/h3-5,12,23H,1-2,6-11,13-14H2. The molecule has 0 radical (unpaired) electrons. The van der Waals surface area contributed by atoms with Crippen LogP contribution in [-0.4, -0.2) is 59.3 Å². The van der Waals surface area contributed by atoms with Gasteiger partial charge >= 0.3 is 0 Å². The molecular weight excluding hydrogens is 302 g/mol. The minimum absolute atomic E-state index is 0.350. The lowest BCUT2D eigenvalue weighted by Gasteiger charge is -2.27. The van der Waals surface area contributed by atoms with Crippen molar-refractivity contribution in [2.24, 2.45) is 0 Å². The molecule has 2 fully saturated rings. The van der Waals surface area contributed by atoms with Crippen molar-refractivity contribution in [3.05, 3.63) is 35.5 Å². The van der Waals surface area contributed by atoms with Crippen molar-refractivity contribution in [3.8, 4) is 5.75 Å². The van der Waals surface area contributed by atoms with Crippen LogP contribution in [0.1, 0.15) is 24.0 Å². The molecule has 3 heterocycles. The molecule has 2 aromatic rings. The highest BCUT2D eigenvalue weighted by Gasteiger charge is 2.19. The molecule has 1 aromatic carbocycles. The first kappa shape index (κ1) is 15.8. The van der Waals surface area contributed by atoms with Crippen LogP contribution in [0.25, 0.3) is 10.9 Å². The molecule has 0 bridgehead atoms. The molecule has 0 amide bonds. The number of fused-ring (bicyclic) bond motifs is 1. The molecule has 2 aliphatic heterocycles.